The average molecular weight is 426 g/mol. The number of aliphatic imine (C=N–C) groups is 1. The monoisotopic (exact) mass is 425 g/mol. The number of hydrazine groups is 1. The smallest absolute Gasteiger partial charge is 0.269 e. The Hall–Kier alpha value is -1.74. The number of hydrogen-bond acceptors (Lipinski definition) is 6. The van der Waals surface area contributed by atoms with Gasteiger partial charge in [-0.15, -0.1) is 5.43 Å². The standard InChI is InChI=1S/C17H19ClN3O.C2H6O3S/c18-14-7-5-13(6-8-14)17(22)16-15-4-2-1-3-12(15)9-10-21(16)20-11-19-17;1-2-6(3,4)5/h5-12,15,22H,1-4H2,(H,19,20);2H2,1H3,(H,3,4,5)/q+1;/p-1. The molecular weight excluding hydrogens is 402 g/mol. The largest absolute Gasteiger partial charge is 0.748 e. The fourth-order valence-corrected chi connectivity index (χ4v) is 4.01. The Kier molecular flexibility index (Phi) is 6.24. The lowest BCUT2D eigenvalue weighted by molar-refractivity contribution is -0.515. The fraction of sp³-hybridized carbons (Fsp3) is 0.474. The molecule has 1 aromatic carbocycles. The van der Waals surface area contributed by atoms with Gasteiger partial charge in [-0.2, -0.15) is 0 Å². The second-order valence-electron chi connectivity index (χ2n) is 7.06. The predicted molar refractivity (Wildman–Crippen MR) is 107 cm³/mol. The van der Waals surface area contributed by atoms with Gasteiger partial charge in [-0.05, 0) is 37.0 Å². The topological polar surface area (TPSA) is 105 Å². The normalized spacial score (nSPS) is 28.6. The van der Waals surface area contributed by atoms with Gasteiger partial charge in [-0.25, -0.2) is 13.4 Å². The minimum Gasteiger partial charge on any atom is -0.748 e. The van der Waals surface area contributed by atoms with Crippen LogP contribution >= 0.6 is 11.6 Å². The molecule has 4 rings (SSSR count). The molecule has 28 heavy (non-hydrogen) atoms. The van der Waals surface area contributed by atoms with Gasteiger partial charge in [0.1, 0.15) is 6.34 Å². The van der Waals surface area contributed by atoms with Crippen molar-refractivity contribution in [2.24, 2.45) is 16.8 Å². The first kappa shape index (κ1) is 21.0. The molecule has 2 heterocycles. The zero-order valence-electron chi connectivity index (χ0n) is 15.6. The Morgan fingerprint density at radius 2 is 1.96 bits per heavy atom. The number of hydrazone groups is 1. The van der Waals surface area contributed by atoms with E-state index in [0.29, 0.717) is 16.9 Å². The molecule has 1 aliphatic carbocycles. The highest BCUT2D eigenvalue weighted by molar-refractivity contribution is 7.85. The summed E-state index contributed by atoms with van der Waals surface area (Å²) in [6.45, 7) is 1.31. The van der Waals surface area contributed by atoms with Crippen molar-refractivity contribution in [1.29, 1.82) is 0 Å². The van der Waals surface area contributed by atoms with Gasteiger partial charge in [-0.1, -0.05) is 48.2 Å². The van der Waals surface area contributed by atoms with Crippen LogP contribution in [0.25, 0.3) is 0 Å². The van der Waals surface area contributed by atoms with Gasteiger partial charge >= 0.3 is 0 Å². The maximum atomic E-state index is 11.4. The first-order valence-corrected chi connectivity index (χ1v) is 11.3. The molecule has 0 amide bonds. The van der Waals surface area contributed by atoms with Crippen LogP contribution in [0.4, 0.5) is 0 Å². The molecule has 9 heteroatoms. The summed E-state index contributed by atoms with van der Waals surface area (Å²) in [5.74, 6) is 0.505. The molecule has 0 radical (unpaired) electrons. The molecule has 3 atom stereocenters. The molecule has 7 nitrogen and oxygen atoms in total. The molecule has 152 valence electrons. The quantitative estimate of drug-likeness (QED) is 0.559. The zero-order chi connectivity index (χ0) is 20.4. The molecule has 0 saturated heterocycles. The number of aliphatic hydroxyl groups is 1. The van der Waals surface area contributed by atoms with E-state index in [1.165, 1.54) is 26.2 Å². The maximum absolute atomic E-state index is 11.4. The lowest BCUT2D eigenvalue weighted by Gasteiger charge is -2.36. The molecule has 3 aliphatic rings. The summed E-state index contributed by atoms with van der Waals surface area (Å²) in [6, 6.07) is 7.31. The van der Waals surface area contributed by atoms with Crippen molar-refractivity contribution in [1.82, 2.24) is 5.43 Å². The summed E-state index contributed by atoms with van der Waals surface area (Å²) >= 11 is 5.98. The van der Waals surface area contributed by atoms with Crippen molar-refractivity contribution in [3.63, 3.8) is 0 Å². The number of benzene rings is 1. The van der Waals surface area contributed by atoms with Gasteiger partial charge in [0.05, 0.1) is 16.0 Å². The van der Waals surface area contributed by atoms with Gasteiger partial charge in [0.25, 0.3) is 11.4 Å². The van der Waals surface area contributed by atoms with E-state index in [2.05, 4.69) is 16.5 Å². The van der Waals surface area contributed by atoms with Gasteiger partial charge in [0.15, 0.2) is 6.20 Å². The number of nitrogens with zero attached hydrogens (tertiary/aromatic N) is 2. The van der Waals surface area contributed by atoms with Crippen LogP contribution in [-0.4, -0.2) is 40.6 Å². The summed E-state index contributed by atoms with van der Waals surface area (Å²) in [6.07, 6.45) is 10.6. The van der Waals surface area contributed by atoms with Crippen LogP contribution in [0.2, 0.25) is 5.02 Å². The molecular formula is C19H24ClN3O4S. The van der Waals surface area contributed by atoms with Crippen molar-refractivity contribution in [2.45, 2.75) is 38.3 Å². The molecule has 1 saturated carbocycles. The number of hydrogen-bond donors (Lipinski definition) is 2. The fourth-order valence-electron chi connectivity index (χ4n) is 3.88. The SMILES string of the molecule is CCS(=O)(=O)[O-].OC1(c2ccc(Cl)cc2)N=CN[N+]2=C1C1CCCCC1C=C2. The molecule has 0 aromatic heterocycles. The third kappa shape index (κ3) is 4.46. The second kappa shape index (κ2) is 8.32. The first-order chi connectivity index (χ1) is 13.2. The maximum Gasteiger partial charge on any atom is 0.269 e. The van der Waals surface area contributed by atoms with E-state index < -0.39 is 15.8 Å². The third-order valence-corrected chi connectivity index (χ3v) is 6.28. The third-order valence-electron chi connectivity index (χ3n) is 5.32. The predicted octanol–water partition coefficient (Wildman–Crippen LogP) is 2.37. The minimum atomic E-state index is -3.91. The van der Waals surface area contributed by atoms with E-state index >= 15 is 0 Å². The average Bonchev–Trinajstić information content (AvgIpc) is 2.68. The zero-order valence-corrected chi connectivity index (χ0v) is 17.2. The summed E-state index contributed by atoms with van der Waals surface area (Å²) in [4.78, 5) is 4.40. The Morgan fingerprint density at radius 3 is 2.61 bits per heavy atom. The van der Waals surface area contributed by atoms with Crippen LogP contribution in [0.15, 0.2) is 41.5 Å². The summed E-state index contributed by atoms with van der Waals surface area (Å²) < 4.78 is 30.3. The van der Waals surface area contributed by atoms with E-state index in [9.17, 15) is 18.1 Å². The van der Waals surface area contributed by atoms with Crippen LogP contribution in [-0.2, 0) is 15.8 Å². The lowest BCUT2D eigenvalue weighted by Crippen LogP contribution is -2.54. The molecule has 0 bridgehead atoms. The summed E-state index contributed by atoms with van der Waals surface area (Å²) in [7, 11) is -3.91. The second-order valence-corrected chi connectivity index (χ2v) is 9.19. The number of nitrogens with one attached hydrogen (secondary N) is 1. The van der Waals surface area contributed by atoms with Crippen molar-refractivity contribution in [3.05, 3.63) is 47.1 Å². The minimum absolute atomic E-state index is 0.312. The van der Waals surface area contributed by atoms with Crippen molar-refractivity contribution in [2.75, 3.05) is 5.75 Å². The Labute approximate surface area is 170 Å². The van der Waals surface area contributed by atoms with Crippen molar-refractivity contribution >= 4 is 33.8 Å². The Balaban J connectivity index is 0.000000330. The highest BCUT2D eigenvalue weighted by Crippen LogP contribution is 2.40. The number of rotatable bonds is 2. The van der Waals surface area contributed by atoms with Gasteiger partial charge in [0, 0.05) is 16.3 Å². The van der Waals surface area contributed by atoms with Crippen LogP contribution in [0.1, 0.15) is 38.2 Å². The number of allylic oxidation sites excluding steroid dienone is 1. The lowest BCUT2D eigenvalue weighted by atomic mass is 9.72. The number of fused-ring (bicyclic) bond motifs is 2. The molecule has 3 unspecified atom stereocenters. The summed E-state index contributed by atoms with van der Waals surface area (Å²) in [5.41, 5.74) is 3.50. The Bertz CT molecular complexity index is 912. The first-order valence-electron chi connectivity index (χ1n) is 9.31. The number of halogens is 1. The van der Waals surface area contributed by atoms with Crippen LogP contribution in [0.3, 0.4) is 0 Å². The van der Waals surface area contributed by atoms with Crippen molar-refractivity contribution < 1.29 is 22.8 Å². The van der Waals surface area contributed by atoms with E-state index in [1.54, 1.807) is 18.5 Å². The van der Waals surface area contributed by atoms with Crippen LogP contribution in [0, 0.1) is 11.8 Å². The highest BCUT2D eigenvalue weighted by Gasteiger charge is 2.52. The summed E-state index contributed by atoms with van der Waals surface area (Å²) in [5, 5.41) is 12.0. The molecule has 1 aromatic rings. The van der Waals surface area contributed by atoms with E-state index in [0.717, 1.165) is 17.7 Å². The van der Waals surface area contributed by atoms with E-state index in [4.69, 9.17) is 11.6 Å². The van der Waals surface area contributed by atoms with Gasteiger partial charge < -0.3 is 9.66 Å². The molecule has 1 fully saturated rings. The highest BCUT2D eigenvalue weighted by atomic mass is 35.5. The van der Waals surface area contributed by atoms with Crippen molar-refractivity contribution in [3.8, 4) is 0 Å². The van der Waals surface area contributed by atoms with E-state index in [1.807, 2.05) is 23.0 Å². The van der Waals surface area contributed by atoms with Crippen LogP contribution in [0.5, 0.6) is 0 Å². The molecule has 2 aliphatic heterocycles. The molecule has 2 N–H and O–H groups in total. The van der Waals surface area contributed by atoms with Crippen LogP contribution < -0.4 is 5.43 Å². The van der Waals surface area contributed by atoms with Gasteiger partial charge in [-0.3, -0.25) is 0 Å². The van der Waals surface area contributed by atoms with E-state index in [-0.39, 0.29) is 5.75 Å². The molecule has 0 spiro atoms. The van der Waals surface area contributed by atoms with Gasteiger partial charge in [0.2, 0.25) is 0 Å². The Morgan fingerprint density at radius 1 is 1.32 bits per heavy atom.